The van der Waals surface area contributed by atoms with Gasteiger partial charge in [0.05, 0.1) is 9.82 Å². The number of hydrogen-bond acceptors (Lipinski definition) is 6. The van der Waals surface area contributed by atoms with Crippen LogP contribution in [0.4, 0.5) is 5.69 Å². The van der Waals surface area contributed by atoms with Gasteiger partial charge >= 0.3 is 0 Å². The number of rotatable bonds is 6. The van der Waals surface area contributed by atoms with Crippen LogP contribution in [0.5, 0.6) is 0 Å². The van der Waals surface area contributed by atoms with E-state index in [4.69, 9.17) is 4.18 Å². The quantitative estimate of drug-likeness (QED) is 0.348. The van der Waals surface area contributed by atoms with E-state index in [0.717, 1.165) is 5.56 Å². The zero-order chi connectivity index (χ0) is 17.0. The highest BCUT2D eigenvalue weighted by molar-refractivity contribution is 7.86. The van der Waals surface area contributed by atoms with Gasteiger partial charge in [-0.1, -0.05) is 17.7 Å². The first-order valence-electron chi connectivity index (χ1n) is 6.53. The molecule has 23 heavy (non-hydrogen) atoms. The van der Waals surface area contributed by atoms with Gasteiger partial charge in [-0.3, -0.25) is 19.1 Å². The van der Waals surface area contributed by atoms with E-state index in [9.17, 15) is 23.3 Å². The Morgan fingerprint density at radius 2 is 1.65 bits per heavy atom. The molecular weight excluding hydrogens is 322 g/mol. The number of aryl methyl sites for hydroxylation is 1. The topological polar surface area (TPSA) is 104 Å². The number of carbonyl (C=O) groups is 1. The summed E-state index contributed by atoms with van der Waals surface area (Å²) in [7, 11) is -4.03. The smallest absolute Gasteiger partial charge is 0.291 e. The molecule has 0 saturated carbocycles. The molecule has 0 heterocycles. The van der Waals surface area contributed by atoms with Crippen LogP contribution < -0.4 is 0 Å². The molecule has 0 saturated heterocycles. The van der Waals surface area contributed by atoms with E-state index < -0.39 is 27.4 Å². The molecule has 0 aliphatic carbocycles. The third kappa shape index (κ3) is 4.21. The summed E-state index contributed by atoms with van der Waals surface area (Å²) in [6.07, 6.45) is 0. The van der Waals surface area contributed by atoms with Crippen LogP contribution in [-0.2, 0) is 14.3 Å². The van der Waals surface area contributed by atoms with E-state index in [0.29, 0.717) is 0 Å². The van der Waals surface area contributed by atoms with Crippen molar-refractivity contribution >= 4 is 21.6 Å². The van der Waals surface area contributed by atoms with Crippen LogP contribution in [-0.4, -0.2) is 25.7 Å². The second-order valence-corrected chi connectivity index (χ2v) is 6.37. The average Bonchev–Trinajstić information content (AvgIpc) is 2.53. The van der Waals surface area contributed by atoms with Gasteiger partial charge < -0.3 is 0 Å². The van der Waals surface area contributed by atoms with Gasteiger partial charge in [-0.05, 0) is 31.2 Å². The van der Waals surface area contributed by atoms with Gasteiger partial charge in [0, 0.05) is 17.7 Å². The molecule has 0 aromatic heterocycles. The van der Waals surface area contributed by atoms with Crippen molar-refractivity contribution in [2.24, 2.45) is 0 Å². The molecule has 0 spiro atoms. The summed E-state index contributed by atoms with van der Waals surface area (Å²) >= 11 is 0. The number of nitro groups is 1. The van der Waals surface area contributed by atoms with Crippen molar-refractivity contribution < 1.29 is 22.3 Å². The van der Waals surface area contributed by atoms with E-state index in [2.05, 4.69) is 0 Å². The third-order valence-electron chi connectivity index (χ3n) is 3.05. The van der Waals surface area contributed by atoms with Crippen molar-refractivity contribution in [1.82, 2.24) is 0 Å². The number of Topliss-reactive ketones (excluding diaryl/α,β-unsaturated/α-hetero) is 1. The fourth-order valence-electron chi connectivity index (χ4n) is 1.76. The fourth-order valence-corrected chi connectivity index (χ4v) is 2.62. The second kappa shape index (κ2) is 6.67. The summed E-state index contributed by atoms with van der Waals surface area (Å²) in [5.74, 6) is -0.587. The molecule has 0 bridgehead atoms. The molecule has 0 fully saturated rings. The minimum atomic E-state index is -4.03. The molecular formula is C15H13NO6S. The first-order valence-corrected chi connectivity index (χ1v) is 7.94. The molecule has 0 aliphatic rings. The van der Waals surface area contributed by atoms with E-state index >= 15 is 0 Å². The van der Waals surface area contributed by atoms with Crippen LogP contribution in [0.1, 0.15) is 15.9 Å². The lowest BCUT2D eigenvalue weighted by molar-refractivity contribution is -0.384. The number of ketones is 1. The van der Waals surface area contributed by atoms with Crippen LogP contribution in [0.15, 0.2) is 53.4 Å². The first kappa shape index (κ1) is 16.8. The Labute approximate surface area is 132 Å². The normalized spacial score (nSPS) is 11.2. The Bertz CT molecular complexity index is 825. The van der Waals surface area contributed by atoms with Crippen molar-refractivity contribution in [2.75, 3.05) is 6.61 Å². The van der Waals surface area contributed by atoms with Crippen molar-refractivity contribution in [1.29, 1.82) is 0 Å². The highest BCUT2D eigenvalue weighted by Crippen LogP contribution is 2.15. The molecule has 2 rings (SSSR count). The van der Waals surface area contributed by atoms with Gasteiger partial charge in [0.25, 0.3) is 15.8 Å². The Balaban J connectivity index is 2.06. The standard InChI is InChI=1S/C15H13NO6S/c1-11-2-8-14(9-3-11)23(20,21)22-10-15(17)12-4-6-13(7-5-12)16(18)19/h2-9H,10H2,1H3. The number of hydrogen-bond donors (Lipinski definition) is 0. The van der Waals surface area contributed by atoms with E-state index in [-0.39, 0.29) is 16.1 Å². The summed E-state index contributed by atoms with van der Waals surface area (Å²) in [5.41, 5.74) is 0.871. The van der Waals surface area contributed by atoms with Gasteiger partial charge in [-0.15, -0.1) is 0 Å². The zero-order valence-electron chi connectivity index (χ0n) is 12.1. The third-order valence-corrected chi connectivity index (χ3v) is 4.33. The molecule has 120 valence electrons. The number of nitro benzene ring substituents is 1. The molecule has 2 aromatic rings. The molecule has 0 aliphatic heterocycles. The van der Waals surface area contributed by atoms with Gasteiger partial charge in [0.2, 0.25) is 0 Å². The Kier molecular flexibility index (Phi) is 4.87. The summed E-state index contributed by atoms with van der Waals surface area (Å²) in [5, 5.41) is 10.5. The summed E-state index contributed by atoms with van der Waals surface area (Å²) in [6.45, 7) is 1.14. The van der Waals surface area contributed by atoms with Crippen LogP contribution >= 0.6 is 0 Å². The lowest BCUT2D eigenvalue weighted by Crippen LogP contribution is -2.14. The second-order valence-electron chi connectivity index (χ2n) is 4.76. The van der Waals surface area contributed by atoms with E-state index in [1.807, 2.05) is 6.92 Å². The highest BCUT2D eigenvalue weighted by Gasteiger charge is 2.18. The van der Waals surface area contributed by atoms with Crippen LogP contribution in [0.2, 0.25) is 0 Å². The molecule has 2 aromatic carbocycles. The lowest BCUT2D eigenvalue weighted by Gasteiger charge is -2.05. The number of carbonyl (C=O) groups excluding carboxylic acids is 1. The maximum Gasteiger partial charge on any atom is 0.297 e. The average molecular weight is 335 g/mol. The molecule has 0 radical (unpaired) electrons. The fraction of sp³-hybridized carbons (Fsp3) is 0.133. The molecule has 8 heteroatoms. The number of nitrogens with zero attached hydrogens (tertiary/aromatic N) is 1. The Morgan fingerprint density at radius 1 is 1.09 bits per heavy atom. The largest absolute Gasteiger partial charge is 0.297 e. The Hall–Kier alpha value is -2.58. The van der Waals surface area contributed by atoms with Crippen molar-refractivity contribution in [2.45, 2.75) is 11.8 Å². The SMILES string of the molecule is Cc1ccc(S(=O)(=O)OCC(=O)c2ccc([N+](=O)[O-])cc2)cc1. The monoisotopic (exact) mass is 335 g/mol. The molecule has 0 amide bonds. The van der Waals surface area contributed by atoms with Crippen LogP contribution in [0.3, 0.4) is 0 Å². The van der Waals surface area contributed by atoms with Crippen molar-refractivity contribution in [3.8, 4) is 0 Å². The first-order chi connectivity index (χ1) is 10.8. The minimum Gasteiger partial charge on any atom is -0.291 e. The van der Waals surface area contributed by atoms with E-state index in [1.165, 1.54) is 36.4 Å². The molecule has 0 N–H and O–H groups in total. The predicted molar refractivity (Wildman–Crippen MR) is 81.7 cm³/mol. The van der Waals surface area contributed by atoms with Gasteiger partial charge in [0.15, 0.2) is 5.78 Å². The molecule has 0 atom stereocenters. The summed E-state index contributed by atoms with van der Waals surface area (Å²) in [4.78, 5) is 21.8. The summed E-state index contributed by atoms with van der Waals surface area (Å²) < 4.78 is 28.7. The van der Waals surface area contributed by atoms with Crippen LogP contribution in [0, 0.1) is 17.0 Å². The maximum absolute atomic E-state index is 12.0. The zero-order valence-corrected chi connectivity index (χ0v) is 12.9. The van der Waals surface area contributed by atoms with Gasteiger partial charge in [0.1, 0.15) is 6.61 Å². The maximum atomic E-state index is 12.0. The van der Waals surface area contributed by atoms with E-state index in [1.54, 1.807) is 12.1 Å². The molecule has 7 nitrogen and oxygen atoms in total. The minimum absolute atomic E-state index is 0.0420. The summed E-state index contributed by atoms with van der Waals surface area (Å²) in [6, 6.07) is 10.9. The number of non-ortho nitro benzene ring substituents is 1. The van der Waals surface area contributed by atoms with Gasteiger partial charge in [-0.2, -0.15) is 8.42 Å². The van der Waals surface area contributed by atoms with Crippen LogP contribution in [0.25, 0.3) is 0 Å². The predicted octanol–water partition coefficient (Wildman–Crippen LogP) is 2.49. The number of benzene rings is 2. The lowest BCUT2D eigenvalue weighted by atomic mass is 10.1. The Morgan fingerprint density at radius 3 is 2.17 bits per heavy atom. The van der Waals surface area contributed by atoms with Crippen molar-refractivity contribution in [3.63, 3.8) is 0 Å². The van der Waals surface area contributed by atoms with Gasteiger partial charge in [-0.25, -0.2) is 0 Å². The molecule has 0 unspecified atom stereocenters. The van der Waals surface area contributed by atoms with Crippen molar-refractivity contribution in [3.05, 3.63) is 69.8 Å². The highest BCUT2D eigenvalue weighted by atomic mass is 32.2.